The molecule has 2 rings (SSSR count). The molecule has 24 heavy (non-hydrogen) atoms. The van der Waals surface area contributed by atoms with Crippen LogP contribution in [0.25, 0.3) is 0 Å². The molecule has 6 heteroatoms. The molecule has 1 saturated heterocycles. The number of rotatable bonds is 7. The summed E-state index contributed by atoms with van der Waals surface area (Å²) in [5.41, 5.74) is 1.56. The number of morpholine rings is 1. The summed E-state index contributed by atoms with van der Waals surface area (Å²) in [5, 5.41) is 3.38. The van der Waals surface area contributed by atoms with Crippen LogP contribution in [0, 0.1) is 5.82 Å². The number of halogens is 1. The van der Waals surface area contributed by atoms with Crippen molar-refractivity contribution in [2.24, 2.45) is 0 Å². The van der Waals surface area contributed by atoms with Crippen LogP contribution in [0.2, 0.25) is 0 Å². The van der Waals surface area contributed by atoms with E-state index in [1.165, 1.54) is 6.20 Å². The number of ether oxygens (including phenoxy) is 1. The number of aromatic nitrogens is 1. The average Bonchev–Trinajstić information content (AvgIpc) is 2.61. The Bertz CT molecular complexity index is 585. The van der Waals surface area contributed by atoms with Crippen molar-refractivity contribution in [2.75, 3.05) is 43.6 Å². The van der Waals surface area contributed by atoms with Gasteiger partial charge in [0, 0.05) is 31.9 Å². The summed E-state index contributed by atoms with van der Waals surface area (Å²) >= 11 is 0. The molecule has 0 radical (unpaired) electrons. The lowest BCUT2D eigenvalue weighted by atomic mass is 10.1. The van der Waals surface area contributed by atoms with Crippen LogP contribution in [-0.4, -0.2) is 49.4 Å². The second kappa shape index (κ2) is 8.68. The Labute approximate surface area is 143 Å². The van der Waals surface area contributed by atoms with Crippen molar-refractivity contribution in [3.8, 4) is 0 Å². The molecule has 1 aliphatic rings. The highest BCUT2D eigenvalue weighted by Gasteiger charge is 2.22. The Hall–Kier alpha value is -2.08. The maximum atomic E-state index is 14.5. The fourth-order valence-corrected chi connectivity index (χ4v) is 2.73. The summed E-state index contributed by atoms with van der Waals surface area (Å²) in [5.74, 6) is 0.457. The van der Waals surface area contributed by atoms with Gasteiger partial charge in [0.1, 0.15) is 5.82 Å². The number of hydrogen-bond donors (Lipinski definition) is 1. The van der Waals surface area contributed by atoms with Crippen molar-refractivity contribution in [3.05, 3.63) is 42.5 Å². The molecule has 1 atom stereocenters. The van der Waals surface area contributed by atoms with E-state index in [4.69, 9.17) is 4.74 Å². The number of anilines is 2. The van der Waals surface area contributed by atoms with Gasteiger partial charge in [0.2, 0.25) is 0 Å². The van der Waals surface area contributed by atoms with Crippen molar-refractivity contribution in [1.29, 1.82) is 0 Å². The van der Waals surface area contributed by atoms with E-state index in [-0.39, 0.29) is 12.0 Å². The molecule has 1 fully saturated rings. The molecular weight excluding hydrogens is 307 g/mol. The van der Waals surface area contributed by atoms with E-state index in [0.29, 0.717) is 38.4 Å². The Morgan fingerprint density at radius 3 is 2.83 bits per heavy atom. The molecule has 132 valence electrons. The van der Waals surface area contributed by atoms with E-state index < -0.39 is 0 Å². The largest absolute Gasteiger partial charge is 0.378 e. The van der Waals surface area contributed by atoms with Gasteiger partial charge in [0.15, 0.2) is 5.82 Å². The molecule has 1 aliphatic heterocycles. The highest BCUT2D eigenvalue weighted by Crippen LogP contribution is 2.30. The predicted molar refractivity (Wildman–Crippen MR) is 96.8 cm³/mol. The van der Waals surface area contributed by atoms with Crippen LogP contribution >= 0.6 is 0 Å². The summed E-state index contributed by atoms with van der Waals surface area (Å²) in [4.78, 5) is 8.36. The lowest BCUT2D eigenvalue weighted by Gasteiger charge is -2.32. The molecule has 1 N–H and O–H groups in total. The van der Waals surface area contributed by atoms with Crippen LogP contribution in [0.4, 0.5) is 15.9 Å². The minimum absolute atomic E-state index is 0.0157. The topological polar surface area (TPSA) is 40.6 Å². The number of nitrogens with zero attached hydrogens (tertiary/aromatic N) is 3. The van der Waals surface area contributed by atoms with Gasteiger partial charge in [-0.05, 0) is 19.4 Å². The van der Waals surface area contributed by atoms with Crippen LogP contribution in [0.5, 0.6) is 0 Å². The number of nitrogens with one attached hydrogen (secondary N) is 1. The van der Waals surface area contributed by atoms with Gasteiger partial charge < -0.3 is 19.9 Å². The minimum atomic E-state index is -0.271. The second-order valence-corrected chi connectivity index (χ2v) is 5.80. The van der Waals surface area contributed by atoms with Gasteiger partial charge in [-0.25, -0.2) is 9.37 Å². The van der Waals surface area contributed by atoms with Crippen molar-refractivity contribution in [2.45, 2.75) is 26.4 Å². The first-order valence-electron chi connectivity index (χ1n) is 8.36. The lowest BCUT2D eigenvalue weighted by molar-refractivity contribution is 0.122. The summed E-state index contributed by atoms with van der Waals surface area (Å²) in [6, 6.07) is 0. The predicted octanol–water partition coefficient (Wildman–Crippen LogP) is 3.01. The third-order valence-corrected chi connectivity index (χ3v) is 4.20. The second-order valence-electron chi connectivity index (χ2n) is 5.80. The molecule has 5 nitrogen and oxygen atoms in total. The zero-order valence-corrected chi connectivity index (χ0v) is 14.8. The molecule has 0 bridgehead atoms. The monoisotopic (exact) mass is 334 g/mol. The van der Waals surface area contributed by atoms with Gasteiger partial charge in [0.05, 0.1) is 31.3 Å². The SMILES string of the molecule is C=C/C=C\N(C)C(C)Nc1ncc(F)c(N2CCOCC2)c1CC. The van der Waals surface area contributed by atoms with E-state index >= 15 is 0 Å². The van der Waals surface area contributed by atoms with E-state index in [1.54, 1.807) is 6.08 Å². The quantitative estimate of drug-likeness (QED) is 0.613. The van der Waals surface area contributed by atoms with Gasteiger partial charge in [-0.15, -0.1) is 0 Å². The van der Waals surface area contributed by atoms with Crippen LogP contribution in [-0.2, 0) is 11.2 Å². The smallest absolute Gasteiger partial charge is 0.165 e. The van der Waals surface area contributed by atoms with E-state index in [2.05, 4.69) is 21.8 Å². The van der Waals surface area contributed by atoms with E-state index in [9.17, 15) is 4.39 Å². The highest BCUT2D eigenvalue weighted by molar-refractivity contribution is 5.64. The summed E-state index contributed by atoms with van der Waals surface area (Å²) in [6.07, 6.45) is 7.56. The number of pyridine rings is 1. The zero-order chi connectivity index (χ0) is 17.5. The number of allylic oxidation sites excluding steroid dienone is 2. The van der Waals surface area contributed by atoms with Gasteiger partial charge in [-0.2, -0.15) is 0 Å². The molecular formula is C18H27FN4O. The minimum Gasteiger partial charge on any atom is -0.378 e. The van der Waals surface area contributed by atoms with Crippen LogP contribution in [0.15, 0.2) is 31.1 Å². The van der Waals surface area contributed by atoms with Crippen molar-refractivity contribution < 1.29 is 9.13 Å². The van der Waals surface area contributed by atoms with Crippen LogP contribution in [0.1, 0.15) is 19.4 Å². The zero-order valence-electron chi connectivity index (χ0n) is 14.8. The summed E-state index contributed by atoms with van der Waals surface area (Å²) < 4.78 is 19.8. The Balaban J connectivity index is 2.26. The Morgan fingerprint density at radius 2 is 2.21 bits per heavy atom. The molecule has 0 amide bonds. The van der Waals surface area contributed by atoms with E-state index in [0.717, 1.165) is 11.4 Å². The van der Waals surface area contributed by atoms with E-state index in [1.807, 2.05) is 38.1 Å². The first-order chi connectivity index (χ1) is 11.6. The van der Waals surface area contributed by atoms with Gasteiger partial charge >= 0.3 is 0 Å². The fourth-order valence-electron chi connectivity index (χ4n) is 2.73. The van der Waals surface area contributed by atoms with Crippen molar-refractivity contribution in [1.82, 2.24) is 9.88 Å². The van der Waals surface area contributed by atoms with Crippen molar-refractivity contribution in [3.63, 3.8) is 0 Å². The summed E-state index contributed by atoms with van der Waals surface area (Å²) in [6.45, 7) is 10.4. The van der Waals surface area contributed by atoms with Gasteiger partial charge in [0.25, 0.3) is 0 Å². The molecule has 2 heterocycles. The summed E-state index contributed by atoms with van der Waals surface area (Å²) in [7, 11) is 1.97. The first-order valence-corrected chi connectivity index (χ1v) is 8.36. The van der Waals surface area contributed by atoms with Gasteiger partial charge in [-0.1, -0.05) is 19.6 Å². The lowest BCUT2D eigenvalue weighted by Crippen LogP contribution is -2.38. The maximum absolute atomic E-state index is 14.5. The molecule has 0 saturated carbocycles. The van der Waals surface area contributed by atoms with Crippen LogP contribution in [0.3, 0.4) is 0 Å². The third-order valence-electron chi connectivity index (χ3n) is 4.20. The Morgan fingerprint density at radius 1 is 1.50 bits per heavy atom. The number of hydrogen-bond acceptors (Lipinski definition) is 5. The highest BCUT2D eigenvalue weighted by atomic mass is 19.1. The average molecular weight is 334 g/mol. The molecule has 1 aromatic rings. The molecule has 1 aromatic heterocycles. The third kappa shape index (κ3) is 4.26. The molecule has 1 unspecified atom stereocenters. The van der Waals surface area contributed by atoms with Crippen LogP contribution < -0.4 is 10.2 Å². The fraction of sp³-hybridized carbons (Fsp3) is 0.500. The normalized spacial score (nSPS) is 16.2. The van der Waals surface area contributed by atoms with Gasteiger partial charge in [-0.3, -0.25) is 0 Å². The van der Waals surface area contributed by atoms with Crippen molar-refractivity contribution >= 4 is 11.5 Å². The molecule has 0 aliphatic carbocycles. The first kappa shape index (κ1) is 18.3. The standard InChI is InChI=1S/C18H27FN4O/c1-5-7-8-22(4)14(3)21-18-15(6-2)17(16(19)13-20-18)23-9-11-24-12-10-23/h5,7-8,13-14H,1,6,9-12H2,2-4H3,(H,20,21)/b8-7-. The Kier molecular flexibility index (Phi) is 6.61. The molecule has 0 spiro atoms. The molecule has 0 aromatic carbocycles. The maximum Gasteiger partial charge on any atom is 0.165 e.